The minimum Gasteiger partial charge on any atom is -0.359 e. The van der Waals surface area contributed by atoms with Crippen molar-refractivity contribution in [1.82, 2.24) is 13.9 Å². The van der Waals surface area contributed by atoms with Gasteiger partial charge in [0.15, 0.2) is 0 Å². The molecule has 0 N–H and O–H groups in total. The summed E-state index contributed by atoms with van der Waals surface area (Å²) in [5, 5.41) is 0. The molecule has 2 aromatic rings. The summed E-state index contributed by atoms with van der Waals surface area (Å²) < 4.78 is 25.0. The molecule has 1 aliphatic heterocycles. The third kappa shape index (κ3) is 3.45. The molecule has 25 heavy (non-hydrogen) atoms. The summed E-state index contributed by atoms with van der Waals surface area (Å²) in [5.41, 5.74) is -0.296. The second kappa shape index (κ2) is 7.79. The van der Waals surface area contributed by atoms with Crippen LogP contribution in [-0.4, -0.2) is 53.9 Å². The number of fused-ring (bicyclic) bond motifs is 1. The molecule has 0 aliphatic carbocycles. The van der Waals surface area contributed by atoms with Gasteiger partial charge >= 0.3 is 11.4 Å². The smallest absolute Gasteiger partial charge is 0.351 e. The first-order valence-electron chi connectivity index (χ1n) is 7.86. The third-order valence-electron chi connectivity index (χ3n) is 4.05. The Morgan fingerprint density at radius 1 is 0.880 bits per heavy atom. The maximum absolute atomic E-state index is 12.7. The van der Waals surface area contributed by atoms with Gasteiger partial charge in [0.2, 0.25) is 0 Å². The van der Waals surface area contributed by atoms with Crippen LogP contribution in [0.1, 0.15) is 0 Å². The lowest BCUT2D eigenvalue weighted by Gasteiger charge is -2.32. The first kappa shape index (κ1) is 17.6. The average Bonchev–Trinajstić information content (AvgIpc) is 2.88. The Hall–Kier alpha value is -2.20. The molecule has 9 heteroatoms. The molecule has 0 saturated carbocycles. The Kier molecular flexibility index (Phi) is 5.49. The zero-order valence-corrected chi connectivity index (χ0v) is 14.2. The Balaban J connectivity index is 1.98. The zero-order chi connectivity index (χ0) is 17.8. The minimum atomic E-state index is -0.432. The van der Waals surface area contributed by atoms with Crippen LogP contribution in [0.15, 0.2) is 39.9 Å². The molecule has 0 spiro atoms. The molecule has 0 saturated heterocycles. The van der Waals surface area contributed by atoms with E-state index in [0.717, 1.165) is 4.57 Å². The minimum absolute atomic E-state index is 0.0654. The maximum Gasteiger partial charge on any atom is 0.351 e. The molecule has 1 aromatic heterocycles. The van der Waals surface area contributed by atoms with Gasteiger partial charge in [0.05, 0.1) is 18.8 Å². The number of methoxy groups -OCH3 is 2. The van der Waals surface area contributed by atoms with Crippen molar-refractivity contribution in [3.63, 3.8) is 0 Å². The number of rotatable bonds is 7. The van der Waals surface area contributed by atoms with E-state index in [9.17, 15) is 9.59 Å². The van der Waals surface area contributed by atoms with Gasteiger partial charge < -0.3 is 18.9 Å². The summed E-state index contributed by atoms with van der Waals surface area (Å²) in [5.74, 6) is 0. The molecule has 1 aromatic carbocycles. The molecule has 0 amide bonds. The molecule has 0 radical (unpaired) electrons. The van der Waals surface area contributed by atoms with Crippen LogP contribution in [0, 0.1) is 0 Å². The Labute approximate surface area is 143 Å². The van der Waals surface area contributed by atoms with Gasteiger partial charge in [0, 0.05) is 14.2 Å². The summed E-state index contributed by atoms with van der Waals surface area (Å²) in [7, 11) is 3.03. The molecule has 136 valence electrons. The van der Waals surface area contributed by atoms with Gasteiger partial charge in [-0.2, -0.15) is 0 Å². The zero-order valence-electron chi connectivity index (χ0n) is 14.2. The van der Waals surface area contributed by atoms with Gasteiger partial charge in [-0.15, -0.1) is 0 Å². The number of nitrogens with zero attached hydrogens (tertiary/aromatic N) is 3. The van der Waals surface area contributed by atoms with E-state index in [4.69, 9.17) is 18.9 Å². The fourth-order valence-corrected chi connectivity index (χ4v) is 2.88. The van der Waals surface area contributed by atoms with E-state index in [1.54, 1.807) is 24.3 Å². The van der Waals surface area contributed by atoms with Gasteiger partial charge in [0.25, 0.3) is 0 Å². The highest BCUT2D eigenvalue weighted by molar-refractivity contribution is 5.30. The van der Waals surface area contributed by atoms with Crippen molar-refractivity contribution in [3.05, 3.63) is 51.3 Å². The van der Waals surface area contributed by atoms with Crippen molar-refractivity contribution < 1.29 is 18.9 Å². The van der Waals surface area contributed by atoms with E-state index in [1.807, 2.05) is 6.07 Å². The van der Waals surface area contributed by atoms with Gasteiger partial charge in [-0.3, -0.25) is 0 Å². The molecule has 9 nitrogen and oxygen atoms in total. The molecule has 1 aliphatic rings. The molecule has 3 rings (SSSR count). The van der Waals surface area contributed by atoms with Gasteiger partial charge in [0.1, 0.15) is 25.8 Å². The largest absolute Gasteiger partial charge is 0.359 e. The van der Waals surface area contributed by atoms with Crippen molar-refractivity contribution in [3.8, 4) is 5.69 Å². The summed E-state index contributed by atoms with van der Waals surface area (Å²) in [6.45, 7) is 0.503. The predicted octanol–water partition coefficient (Wildman–Crippen LogP) is -0.207. The second-order valence-electron chi connectivity index (χ2n) is 5.62. The predicted molar refractivity (Wildman–Crippen MR) is 87.8 cm³/mol. The monoisotopic (exact) mass is 351 g/mol. The van der Waals surface area contributed by atoms with Crippen molar-refractivity contribution in [2.75, 3.05) is 27.8 Å². The SMILES string of the molecule is COCOC1Cn2c(=O)n(-c3ccccc3)c(=O)n2CC1OCOC. The van der Waals surface area contributed by atoms with Crippen LogP contribution in [0.4, 0.5) is 0 Å². The number of hydrogen-bond acceptors (Lipinski definition) is 6. The van der Waals surface area contributed by atoms with Crippen LogP contribution in [0.3, 0.4) is 0 Å². The highest BCUT2D eigenvalue weighted by Crippen LogP contribution is 2.14. The second-order valence-corrected chi connectivity index (χ2v) is 5.62. The molecular weight excluding hydrogens is 330 g/mol. The Morgan fingerprint density at radius 3 is 1.80 bits per heavy atom. The van der Waals surface area contributed by atoms with Crippen LogP contribution in [0.5, 0.6) is 0 Å². The summed E-state index contributed by atoms with van der Waals surface area (Å²) in [4.78, 5) is 25.5. The average molecular weight is 351 g/mol. The number of hydrogen-bond donors (Lipinski definition) is 0. The molecular formula is C16H21N3O6. The Bertz CT molecular complexity index is 762. The lowest BCUT2D eigenvalue weighted by molar-refractivity contribution is -0.176. The van der Waals surface area contributed by atoms with Crippen LogP contribution in [-0.2, 0) is 32.0 Å². The molecule has 2 heterocycles. The summed E-state index contributed by atoms with van der Waals surface area (Å²) in [6.07, 6.45) is -0.863. The first-order chi connectivity index (χ1) is 12.2. The van der Waals surface area contributed by atoms with Crippen molar-refractivity contribution in [2.45, 2.75) is 25.3 Å². The summed E-state index contributed by atoms with van der Waals surface area (Å²) in [6, 6.07) is 8.81. The standard InChI is InChI=1S/C16H21N3O6/c1-22-10-24-13-8-17-15(20)19(12-6-4-3-5-7-12)16(21)18(17)9-14(13)25-11-23-2/h3-7,13-14H,8-11H2,1-2H3. The van der Waals surface area contributed by atoms with Crippen LogP contribution >= 0.6 is 0 Å². The van der Waals surface area contributed by atoms with E-state index in [1.165, 1.54) is 23.6 Å². The number of benzene rings is 1. The highest BCUT2D eigenvalue weighted by Gasteiger charge is 2.34. The Morgan fingerprint density at radius 2 is 1.36 bits per heavy atom. The maximum atomic E-state index is 12.7. The van der Waals surface area contributed by atoms with Gasteiger partial charge in [-0.1, -0.05) is 18.2 Å². The highest BCUT2D eigenvalue weighted by atomic mass is 16.7. The normalized spacial score (nSPS) is 19.8. The van der Waals surface area contributed by atoms with Crippen LogP contribution in [0.2, 0.25) is 0 Å². The molecule has 2 unspecified atom stereocenters. The quantitative estimate of drug-likeness (QED) is 0.642. The topological polar surface area (TPSA) is 85.9 Å². The van der Waals surface area contributed by atoms with E-state index in [-0.39, 0.29) is 26.7 Å². The van der Waals surface area contributed by atoms with Gasteiger partial charge in [-0.05, 0) is 12.1 Å². The third-order valence-corrected chi connectivity index (χ3v) is 4.05. The van der Waals surface area contributed by atoms with Crippen LogP contribution in [0.25, 0.3) is 5.69 Å². The fraction of sp³-hybridized carbons (Fsp3) is 0.500. The van der Waals surface area contributed by atoms with E-state index >= 15 is 0 Å². The van der Waals surface area contributed by atoms with Crippen molar-refractivity contribution in [1.29, 1.82) is 0 Å². The number of ether oxygens (including phenoxy) is 4. The molecule has 0 bridgehead atoms. The first-order valence-corrected chi connectivity index (χ1v) is 7.86. The molecule has 2 atom stereocenters. The fourth-order valence-electron chi connectivity index (χ4n) is 2.88. The molecule has 0 fully saturated rings. The van der Waals surface area contributed by atoms with Gasteiger partial charge in [-0.25, -0.2) is 23.5 Å². The van der Waals surface area contributed by atoms with Crippen molar-refractivity contribution in [2.24, 2.45) is 0 Å². The van der Waals surface area contributed by atoms with Crippen LogP contribution < -0.4 is 11.4 Å². The number of aromatic nitrogens is 3. The lowest BCUT2D eigenvalue weighted by atomic mass is 10.1. The van der Waals surface area contributed by atoms with Crippen molar-refractivity contribution >= 4 is 0 Å². The van der Waals surface area contributed by atoms with E-state index < -0.39 is 23.6 Å². The van der Waals surface area contributed by atoms with E-state index in [2.05, 4.69) is 0 Å². The number of para-hydroxylation sites is 1. The van der Waals surface area contributed by atoms with E-state index in [0.29, 0.717) is 5.69 Å². The lowest BCUT2D eigenvalue weighted by Crippen LogP contribution is -2.49. The summed E-state index contributed by atoms with van der Waals surface area (Å²) >= 11 is 0.